The van der Waals surface area contributed by atoms with Crippen LogP contribution < -0.4 is 5.32 Å². The topological polar surface area (TPSA) is 55.4 Å². The number of halogens is 4. The van der Waals surface area contributed by atoms with Gasteiger partial charge in [-0.25, -0.2) is 4.79 Å². The smallest absolute Gasteiger partial charge is 0.390 e. The van der Waals surface area contributed by atoms with Gasteiger partial charge in [0.25, 0.3) is 0 Å². The Morgan fingerprint density at radius 2 is 1.87 bits per heavy atom. The third-order valence-corrected chi connectivity index (χ3v) is 3.87. The van der Waals surface area contributed by atoms with Crippen LogP contribution in [0.2, 0.25) is 0 Å². The highest BCUT2D eigenvalue weighted by atomic mass is 127. The van der Waals surface area contributed by atoms with E-state index in [9.17, 15) is 22.8 Å². The number of amides is 1. The van der Waals surface area contributed by atoms with Crippen molar-refractivity contribution < 1.29 is 27.5 Å². The van der Waals surface area contributed by atoms with Crippen molar-refractivity contribution in [1.82, 2.24) is 5.32 Å². The first kappa shape index (κ1) is 19.7. The summed E-state index contributed by atoms with van der Waals surface area (Å²) in [6.07, 6.45) is -5.54. The molecule has 2 atom stereocenters. The second-order valence-corrected chi connectivity index (χ2v) is 6.29. The van der Waals surface area contributed by atoms with Crippen LogP contribution in [0, 0.1) is 0 Å². The van der Waals surface area contributed by atoms with Gasteiger partial charge < -0.3 is 10.1 Å². The van der Waals surface area contributed by atoms with Crippen LogP contribution in [0.4, 0.5) is 13.2 Å². The fourth-order valence-electron chi connectivity index (χ4n) is 1.84. The minimum Gasteiger partial charge on any atom is -0.464 e. The highest BCUT2D eigenvalue weighted by Crippen LogP contribution is 2.25. The Hall–Kier alpha value is -1.32. The Labute approximate surface area is 145 Å². The van der Waals surface area contributed by atoms with Gasteiger partial charge in [-0.15, -0.1) is 0 Å². The summed E-state index contributed by atoms with van der Waals surface area (Å²) in [6, 6.07) is 7.83. The molecule has 128 valence electrons. The standard InChI is InChI=1S/C15H17F3INO3/c1-2-23-14(22)12(8-10-6-4-3-5-7-10)20-13(21)11(19)9-15(16,17)18/h3-7,11-12H,2,8-9H2,1H3,(H,20,21)/t11?,12-/m0/s1. The van der Waals surface area contributed by atoms with E-state index in [1.54, 1.807) is 37.3 Å². The highest BCUT2D eigenvalue weighted by molar-refractivity contribution is 14.1. The Morgan fingerprint density at radius 1 is 1.26 bits per heavy atom. The molecule has 1 rings (SSSR count). The SMILES string of the molecule is CCOC(=O)[C@H](Cc1ccccc1)NC(=O)C(I)CC(F)(F)F. The number of esters is 1. The number of alkyl halides is 4. The van der Waals surface area contributed by atoms with E-state index in [0.717, 1.165) is 5.56 Å². The Kier molecular flexibility index (Phi) is 7.80. The second-order valence-electron chi connectivity index (χ2n) is 4.79. The van der Waals surface area contributed by atoms with E-state index in [1.165, 1.54) is 22.6 Å². The molecule has 0 fully saturated rings. The quantitative estimate of drug-likeness (QED) is 0.401. The van der Waals surface area contributed by atoms with Gasteiger partial charge in [0, 0.05) is 6.42 Å². The van der Waals surface area contributed by atoms with Crippen LogP contribution in [0.25, 0.3) is 0 Å². The molecule has 0 bridgehead atoms. The Bertz CT molecular complexity index is 522. The Balaban J connectivity index is 2.76. The van der Waals surface area contributed by atoms with E-state index in [1.807, 2.05) is 0 Å². The second kappa shape index (κ2) is 9.09. The maximum atomic E-state index is 12.4. The lowest BCUT2D eigenvalue weighted by Gasteiger charge is -2.20. The molecule has 1 aromatic rings. The molecule has 1 aromatic carbocycles. The molecule has 0 spiro atoms. The number of carbonyl (C=O) groups is 2. The lowest BCUT2D eigenvalue weighted by Crippen LogP contribution is -2.46. The molecule has 0 heterocycles. The molecule has 0 aliphatic carbocycles. The van der Waals surface area contributed by atoms with E-state index < -0.39 is 34.4 Å². The van der Waals surface area contributed by atoms with E-state index in [-0.39, 0.29) is 13.0 Å². The zero-order valence-corrected chi connectivity index (χ0v) is 14.6. The van der Waals surface area contributed by atoms with Crippen molar-refractivity contribution in [3.05, 3.63) is 35.9 Å². The third kappa shape index (κ3) is 7.67. The van der Waals surface area contributed by atoms with Crippen LogP contribution in [0.15, 0.2) is 30.3 Å². The summed E-state index contributed by atoms with van der Waals surface area (Å²) in [7, 11) is 0. The molecule has 0 aromatic heterocycles. The lowest BCUT2D eigenvalue weighted by molar-refractivity contribution is -0.148. The maximum absolute atomic E-state index is 12.4. The van der Waals surface area contributed by atoms with Crippen LogP contribution in [0.5, 0.6) is 0 Å². The predicted molar refractivity (Wildman–Crippen MR) is 87.2 cm³/mol. The summed E-state index contributed by atoms with van der Waals surface area (Å²) in [5.41, 5.74) is 0.770. The van der Waals surface area contributed by atoms with Crippen molar-refractivity contribution in [2.75, 3.05) is 6.61 Å². The number of hydrogen-bond donors (Lipinski definition) is 1. The van der Waals surface area contributed by atoms with E-state index in [2.05, 4.69) is 5.32 Å². The number of nitrogens with one attached hydrogen (secondary N) is 1. The van der Waals surface area contributed by atoms with Gasteiger partial charge in [0.15, 0.2) is 0 Å². The summed E-state index contributed by atoms with van der Waals surface area (Å²) in [4.78, 5) is 23.8. The molecular weight excluding hydrogens is 426 g/mol. The number of benzene rings is 1. The molecule has 1 N–H and O–H groups in total. The average Bonchev–Trinajstić information content (AvgIpc) is 2.46. The average molecular weight is 443 g/mol. The summed E-state index contributed by atoms with van der Waals surface area (Å²) in [5.74, 6) is -1.50. The van der Waals surface area contributed by atoms with Crippen LogP contribution in [-0.4, -0.2) is 34.6 Å². The maximum Gasteiger partial charge on any atom is 0.390 e. The van der Waals surface area contributed by atoms with Gasteiger partial charge in [0.1, 0.15) is 6.04 Å². The van der Waals surface area contributed by atoms with E-state index in [0.29, 0.717) is 0 Å². The van der Waals surface area contributed by atoms with Gasteiger partial charge in [0.2, 0.25) is 5.91 Å². The first-order valence-corrected chi connectivity index (χ1v) is 8.19. The molecule has 0 radical (unpaired) electrons. The summed E-state index contributed by atoms with van der Waals surface area (Å²) >= 11 is 1.42. The number of hydrogen-bond acceptors (Lipinski definition) is 3. The normalized spacial score (nSPS) is 14.0. The molecule has 23 heavy (non-hydrogen) atoms. The lowest BCUT2D eigenvalue weighted by atomic mass is 10.1. The highest BCUT2D eigenvalue weighted by Gasteiger charge is 2.35. The van der Waals surface area contributed by atoms with Crippen molar-refractivity contribution in [3.8, 4) is 0 Å². The van der Waals surface area contributed by atoms with E-state index >= 15 is 0 Å². The largest absolute Gasteiger partial charge is 0.464 e. The molecule has 8 heteroatoms. The molecule has 4 nitrogen and oxygen atoms in total. The van der Waals surface area contributed by atoms with E-state index in [4.69, 9.17) is 4.74 Å². The minimum absolute atomic E-state index is 0.121. The number of rotatable bonds is 7. The minimum atomic E-state index is -4.44. The van der Waals surface area contributed by atoms with Gasteiger partial charge >= 0.3 is 12.1 Å². The van der Waals surface area contributed by atoms with Crippen molar-refractivity contribution in [3.63, 3.8) is 0 Å². The zero-order valence-electron chi connectivity index (χ0n) is 12.4. The van der Waals surface area contributed by atoms with Crippen LogP contribution in [0.3, 0.4) is 0 Å². The van der Waals surface area contributed by atoms with Crippen molar-refractivity contribution in [2.45, 2.75) is 35.9 Å². The van der Waals surface area contributed by atoms with Gasteiger partial charge in [-0.3, -0.25) is 4.79 Å². The van der Waals surface area contributed by atoms with Gasteiger partial charge in [-0.05, 0) is 12.5 Å². The molecule has 1 unspecified atom stereocenters. The van der Waals surface area contributed by atoms with Crippen LogP contribution in [0.1, 0.15) is 18.9 Å². The summed E-state index contributed by atoms with van der Waals surface area (Å²) in [5, 5.41) is 2.35. The van der Waals surface area contributed by atoms with Gasteiger partial charge in [-0.1, -0.05) is 52.9 Å². The van der Waals surface area contributed by atoms with Gasteiger partial charge in [0.05, 0.1) is 17.0 Å². The summed E-state index contributed by atoms with van der Waals surface area (Å²) < 4.78 is 40.6. The first-order valence-electron chi connectivity index (χ1n) is 6.94. The monoisotopic (exact) mass is 443 g/mol. The zero-order chi connectivity index (χ0) is 17.5. The fourth-order valence-corrected chi connectivity index (χ4v) is 2.52. The molecule has 0 saturated heterocycles. The predicted octanol–water partition coefficient (Wildman–Crippen LogP) is 3.03. The number of ether oxygens (including phenoxy) is 1. The van der Waals surface area contributed by atoms with Crippen molar-refractivity contribution >= 4 is 34.5 Å². The van der Waals surface area contributed by atoms with Crippen LogP contribution >= 0.6 is 22.6 Å². The van der Waals surface area contributed by atoms with Gasteiger partial charge in [-0.2, -0.15) is 13.2 Å². The van der Waals surface area contributed by atoms with Crippen LogP contribution in [-0.2, 0) is 20.7 Å². The molecule has 1 amide bonds. The van der Waals surface area contributed by atoms with Crippen molar-refractivity contribution in [1.29, 1.82) is 0 Å². The molecule has 0 saturated carbocycles. The molecular formula is C15H17F3INO3. The summed E-state index contributed by atoms with van der Waals surface area (Å²) in [6.45, 7) is 1.74. The fraction of sp³-hybridized carbons (Fsp3) is 0.467. The number of carbonyl (C=O) groups excluding carboxylic acids is 2. The molecule has 0 aliphatic heterocycles. The first-order chi connectivity index (χ1) is 10.7. The van der Waals surface area contributed by atoms with Crippen molar-refractivity contribution in [2.24, 2.45) is 0 Å². The molecule has 0 aliphatic rings. The third-order valence-electron chi connectivity index (χ3n) is 2.87. The Morgan fingerprint density at radius 3 is 2.39 bits per heavy atom.